The quantitative estimate of drug-likeness (QED) is 0.642. The fourth-order valence-corrected chi connectivity index (χ4v) is 4.94. The molecule has 0 saturated carbocycles. The summed E-state index contributed by atoms with van der Waals surface area (Å²) in [6.07, 6.45) is -4.14. The third kappa shape index (κ3) is 6.17. The van der Waals surface area contributed by atoms with Gasteiger partial charge in [0.2, 0.25) is 11.8 Å². The number of thioether (sulfide) groups is 1. The number of pyridine rings is 1. The predicted octanol–water partition coefficient (Wildman–Crippen LogP) is 3.80. The molecule has 3 heterocycles. The first-order valence-corrected chi connectivity index (χ1v) is 11.4. The topological polar surface area (TPSA) is 72.9 Å². The normalized spacial score (nSPS) is 21.4. The zero-order valence-electron chi connectivity index (χ0n) is 17.9. The van der Waals surface area contributed by atoms with E-state index in [1.807, 2.05) is 6.07 Å². The highest BCUT2D eigenvalue weighted by atomic mass is 32.2. The van der Waals surface area contributed by atoms with Gasteiger partial charge in [-0.3, -0.25) is 9.69 Å². The lowest BCUT2D eigenvalue weighted by molar-refractivity contribution is -0.276. The lowest BCUT2D eigenvalue weighted by Crippen LogP contribution is -2.49. The molecule has 1 saturated heterocycles. The molecule has 2 aliphatic rings. The van der Waals surface area contributed by atoms with Crippen LogP contribution in [-0.4, -0.2) is 73.5 Å². The summed E-state index contributed by atoms with van der Waals surface area (Å²) in [7, 11) is 1.66. The number of rotatable bonds is 7. The van der Waals surface area contributed by atoms with E-state index >= 15 is 0 Å². The number of aromatic nitrogens is 1. The van der Waals surface area contributed by atoms with Gasteiger partial charge in [-0.25, -0.2) is 4.98 Å². The van der Waals surface area contributed by atoms with Crippen LogP contribution in [0.2, 0.25) is 0 Å². The highest BCUT2D eigenvalue weighted by Crippen LogP contribution is 2.39. The Kier molecular flexibility index (Phi) is 7.42. The number of methoxy groups -OCH3 is 1. The number of nitrogens with one attached hydrogen (secondary N) is 1. The van der Waals surface area contributed by atoms with Gasteiger partial charge in [0.15, 0.2) is 0 Å². The highest BCUT2D eigenvalue weighted by molar-refractivity contribution is 8.01. The van der Waals surface area contributed by atoms with Gasteiger partial charge in [0.25, 0.3) is 0 Å². The molecule has 4 rings (SSSR count). The molecule has 7 nitrogen and oxygen atoms in total. The summed E-state index contributed by atoms with van der Waals surface area (Å²) < 4.78 is 52.2. The molecule has 2 unspecified atom stereocenters. The van der Waals surface area contributed by atoms with E-state index in [2.05, 4.69) is 19.9 Å². The van der Waals surface area contributed by atoms with Crippen LogP contribution in [0.1, 0.15) is 6.42 Å². The standard InChI is InChI=1S/C22H24F3N3O4S/c1-30-12-15-13-31-10-9-28(15)8-7-19-21(29)27-17-11-14(5-6-18(17)33-19)16-3-2-4-20(26-16)32-22(23,24)25/h2-6,11,15,19H,7-10,12-13H2,1H3,(H,27,29). The third-order valence-electron chi connectivity index (χ3n) is 5.43. The molecule has 11 heteroatoms. The van der Waals surface area contributed by atoms with Crippen molar-refractivity contribution in [3.05, 3.63) is 36.4 Å². The number of amides is 1. The van der Waals surface area contributed by atoms with Crippen molar-refractivity contribution in [1.82, 2.24) is 9.88 Å². The lowest BCUT2D eigenvalue weighted by Gasteiger charge is -2.36. The number of halogens is 3. The van der Waals surface area contributed by atoms with E-state index in [0.717, 1.165) is 24.1 Å². The summed E-state index contributed by atoms with van der Waals surface area (Å²) in [5, 5.41) is 2.69. The summed E-state index contributed by atoms with van der Waals surface area (Å²) in [4.78, 5) is 19.9. The molecule has 1 N–H and O–H groups in total. The Morgan fingerprint density at radius 3 is 2.94 bits per heavy atom. The van der Waals surface area contributed by atoms with Gasteiger partial charge < -0.3 is 19.5 Å². The number of carbonyl (C=O) groups is 1. The van der Waals surface area contributed by atoms with Crippen molar-refractivity contribution in [3.63, 3.8) is 0 Å². The predicted molar refractivity (Wildman–Crippen MR) is 117 cm³/mol. The maximum absolute atomic E-state index is 12.7. The van der Waals surface area contributed by atoms with Crippen molar-refractivity contribution in [2.24, 2.45) is 0 Å². The van der Waals surface area contributed by atoms with Gasteiger partial charge in [0.1, 0.15) is 0 Å². The first-order chi connectivity index (χ1) is 15.8. The minimum atomic E-state index is -4.81. The minimum absolute atomic E-state index is 0.0942. The second-order valence-electron chi connectivity index (χ2n) is 7.72. The molecule has 0 bridgehead atoms. The largest absolute Gasteiger partial charge is 0.574 e. The Morgan fingerprint density at radius 1 is 1.30 bits per heavy atom. The zero-order valence-corrected chi connectivity index (χ0v) is 18.7. The number of benzene rings is 1. The van der Waals surface area contributed by atoms with Crippen molar-refractivity contribution < 1.29 is 32.2 Å². The summed E-state index contributed by atoms with van der Waals surface area (Å²) in [6, 6.07) is 9.69. The van der Waals surface area contributed by atoms with E-state index in [9.17, 15) is 18.0 Å². The summed E-state index contributed by atoms with van der Waals surface area (Å²) >= 11 is 1.49. The zero-order chi connectivity index (χ0) is 23.4. The molecule has 2 aliphatic heterocycles. The smallest absolute Gasteiger partial charge is 0.388 e. The average molecular weight is 484 g/mol. The van der Waals surface area contributed by atoms with Crippen molar-refractivity contribution in [2.75, 3.05) is 45.3 Å². The Morgan fingerprint density at radius 2 is 2.15 bits per heavy atom. The summed E-state index contributed by atoms with van der Waals surface area (Å²) in [5.74, 6) is -0.630. The van der Waals surface area contributed by atoms with Gasteiger partial charge in [-0.15, -0.1) is 24.9 Å². The van der Waals surface area contributed by atoms with E-state index in [0.29, 0.717) is 43.2 Å². The van der Waals surface area contributed by atoms with Crippen molar-refractivity contribution in [3.8, 4) is 17.1 Å². The fraction of sp³-hybridized carbons (Fsp3) is 0.455. The van der Waals surface area contributed by atoms with Gasteiger partial charge in [-0.2, -0.15) is 0 Å². The molecule has 1 amide bonds. The van der Waals surface area contributed by atoms with Crippen LogP contribution in [0.15, 0.2) is 41.3 Å². The number of hydrogen-bond acceptors (Lipinski definition) is 7. The lowest BCUT2D eigenvalue weighted by atomic mass is 10.1. The first-order valence-electron chi connectivity index (χ1n) is 10.5. The number of ether oxygens (including phenoxy) is 3. The summed E-state index contributed by atoms with van der Waals surface area (Å²) in [6.45, 7) is 3.42. The minimum Gasteiger partial charge on any atom is -0.388 e. The van der Waals surface area contributed by atoms with E-state index in [1.54, 1.807) is 25.3 Å². The van der Waals surface area contributed by atoms with Crippen LogP contribution in [0.25, 0.3) is 11.3 Å². The number of morpholine rings is 1. The molecule has 1 fully saturated rings. The summed E-state index contributed by atoms with van der Waals surface area (Å²) in [5.41, 5.74) is 1.51. The molecule has 1 aromatic heterocycles. The molecular weight excluding hydrogens is 459 g/mol. The van der Waals surface area contributed by atoms with Crippen LogP contribution in [0, 0.1) is 0 Å². The van der Waals surface area contributed by atoms with Crippen LogP contribution in [-0.2, 0) is 14.3 Å². The van der Waals surface area contributed by atoms with Gasteiger partial charge in [-0.05, 0) is 24.6 Å². The van der Waals surface area contributed by atoms with E-state index in [-0.39, 0.29) is 17.2 Å². The second kappa shape index (κ2) is 10.3. The number of fused-ring (bicyclic) bond motifs is 1. The SMILES string of the molecule is COCC1COCCN1CCC1Sc2ccc(-c3cccc(OC(F)(F)F)n3)cc2NC1=O. The molecule has 178 valence electrons. The maximum Gasteiger partial charge on any atom is 0.574 e. The fourth-order valence-electron chi connectivity index (χ4n) is 3.86. The van der Waals surface area contributed by atoms with Gasteiger partial charge in [0, 0.05) is 36.7 Å². The van der Waals surface area contributed by atoms with Crippen LogP contribution in [0.4, 0.5) is 18.9 Å². The third-order valence-corrected chi connectivity index (χ3v) is 6.77. The molecule has 1 aromatic carbocycles. The first kappa shape index (κ1) is 23.8. The molecule has 33 heavy (non-hydrogen) atoms. The van der Waals surface area contributed by atoms with Crippen LogP contribution in [0.3, 0.4) is 0 Å². The number of alkyl halides is 3. The highest BCUT2D eigenvalue weighted by Gasteiger charge is 2.32. The molecular formula is C22H24F3N3O4S. The number of hydrogen-bond donors (Lipinski definition) is 1. The molecule has 0 radical (unpaired) electrons. The second-order valence-corrected chi connectivity index (χ2v) is 8.97. The Balaban J connectivity index is 1.43. The van der Waals surface area contributed by atoms with Crippen molar-refractivity contribution in [1.29, 1.82) is 0 Å². The maximum atomic E-state index is 12.7. The van der Waals surface area contributed by atoms with Gasteiger partial charge >= 0.3 is 6.36 Å². The number of anilines is 1. The van der Waals surface area contributed by atoms with Crippen molar-refractivity contribution >= 4 is 23.4 Å². The van der Waals surface area contributed by atoms with Crippen LogP contribution in [0.5, 0.6) is 5.88 Å². The van der Waals surface area contributed by atoms with Crippen LogP contribution < -0.4 is 10.1 Å². The Bertz CT molecular complexity index is 990. The molecule has 0 aliphatic carbocycles. The van der Waals surface area contributed by atoms with Crippen LogP contribution >= 0.6 is 11.8 Å². The molecule has 2 atom stereocenters. The Labute approximate surface area is 193 Å². The van der Waals surface area contributed by atoms with E-state index in [4.69, 9.17) is 9.47 Å². The Hall–Kier alpha value is -2.34. The molecule has 0 spiro atoms. The molecule has 2 aromatic rings. The number of carbonyl (C=O) groups excluding carboxylic acids is 1. The number of nitrogens with zero attached hydrogens (tertiary/aromatic N) is 2. The van der Waals surface area contributed by atoms with Gasteiger partial charge in [0.05, 0.1) is 42.5 Å². The average Bonchev–Trinajstić information content (AvgIpc) is 2.77. The van der Waals surface area contributed by atoms with E-state index < -0.39 is 12.2 Å². The van der Waals surface area contributed by atoms with E-state index in [1.165, 1.54) is 17.8 Å². The monoisotopic (exact) mass is 483 g/mol. The van der Waals surface area contributed by atoms with Crippen molar-refractivity contribution in [2.45, 2.75) is 29.0 Å². The van der Waals surface area contributed by atoms with Gasteiger partial charge in [-0.1, -0.05) is 12.1 Å².